The SMILES string of the molecule is COc1cc(C)cc(C(=O)Nc2cccc(C(F)(F)F)c2)c1OC. The van der Waals surface area contributed by atoms with Gasteiger partial charge in [-0.3, -0.25) is 4.79 Å². The third kappa shape index (κ3) is 3.79. The highest BCUT2D eigenvalue weighted by Gasteiger charge is 2.30. The number of amides is 1. The standard InChI is InChI=1S/C17H16F3NO3/c1-10-7-13(15(24-3)14(8-10)23-2)16(22)21-12-6-4-5-11(9-12)17(18,19)20/h4-9H,1-3H3,(H,21,22). The van der Waals surface area contributed by atoms with Crippen LogP contribution < -0.4 is 14.8 Å². The summed E-state index contributed by atoms with van der Waals surface area (Å²) in [4.78, 5) is 12.4. The predicted octanol–water partition coefficient (Wildman–Crippen LogP) is 4.28. The van der Waals surface area contributed by atoms with Crippen molar-refractivity contribution < 1.29 is 27.4 Å². The summed E-state index contributed by atoms with van der Waals surface area (Å²) in [5.41, 5.74) is 0.125. The number of alkyl halides is 3. The Balaban J connectivity index is 2.36. The van der Waals surface area contributed by atoms with Gasteiger partial charge in [0.1, 0.15) is 0 Å². The number of ether oxygens (including phenoxy) is 2. The second kappa shape index (κ2) is 6.82. The summed E-state index contributed by atoms with van der Waals surface area (Å²) >= 11 is 0. The molecule has 0 aliphatic rings. The first kappa shape index (κ1) is 17.7. The van der Waals surface area contributed by atoms with Gasteiger partial charge in [-0.05, 0) is 42.8 Å². The summed E-state index contributed by atoms with van der Waals surface area (Å²) in [6.45, 7) is 1.77. The second-order valence-electron chi connectivity index (χ2n) is 5.08. The van der Waals surface area contributed by atoms with E-state index < -0.39 is 17.6 Å². The van der Waals surface area contributed by atoms with Gasteiger partial charge in [-0.15, -0.1) is 0 Å². The Morgan fingerprint density at radius 1 is 1.08 bits per heavy atom. The molecule has 0 radical (unpaired) electrons. The summed E-state index contributed by atoms with van der Waals surface area (Å²) in [6.07, 6.45) is -4.48. The molecular weight excluding hydrogens is 323 g/mol. The molecule has 128 valence electrons. The Kier molecular flexibility index (Phi) is 5.02. The zero-order valence-electron chi connectivity index (χ0n) is 13.3. The van der Waals surface area contributed by atoms with E-state index in [4.69, 9.17) is 9.47 Å². The Morgan fingerprint density at radius 3 is 2.38 bits per heavy atom. The second-order valence-corrected chi connectivity index (χ2v) is 5.08. The average Bonchev–Trinajstić information content (AvgIpc) is 2.53. The van der Waals surface area contributed by atoms with E-state index in [-0.39, 0.29) is 17.0 Å². The Bertz CT molecular complexity index is 757. The topological polar surface area (TPSA) is 47.6 Å². The van der Waals surface area contributed by atoms with Crippen molar-refractivity contribution in [1.29, 1.82) is 0 Å². The minimum Gasteiger partial charge on any atom is -0.493 e. The summed E-state index contributed by atoms with van der Waals surface area (Å²) in [5, 5.41) is 2.45. The van der Waals surface area contributed by atoms with E-state index in [1.54, 1.807) is 19.1 Å². The lowest BCUT2D eigenvalue weighted by Gasteiger charge is -2.14. The van der Waals surface area contributed by atoms with Gasteiger partial charge in [0.2, 0.25) is 0 Å². The van der Waals surface area contributed by atoms with Gasteiger partial charge in [0.15, 0.2) is 11.5 Å². The molecule has 0 aliphatic heterocycles. The summed E-state index contributed by atoms with van der Waals surface area (Å²) < 4.78 is 48.6. The van der Waals surface area contributed by atoms with E-state index in [1.165, 1.54) is 26.4 Å². The molecule has 0 saturated heterocycles. The van der Waals surface area contributed by atoms with Crippen molar-refractivity contribution in [3.8, 4) is 11.5 Å². The van der Waals surface area contributed by atoms with Crippen molar-refractivity contribution in [3.05, 3.63) is 53.1 Å². The Hall–Kier alpha value is -2.70. The van der Waals surface area contributed by atoms with Crippen LogP contribution in [0.1, 0.15) is 21.5 Å². The maximum absolute atomic E-state index is 12.7. The third-order valence-electron chi connectivity index (χ3n) is 3.32. The molecule has 2 rings (SSSR count). The maximum Gasteiger partial charge on any atom is 0.416 e. The molecule has 7 heteroatoms. The Morgan fingerprint density at radius 2 is 1.79 bits per heavy atom. The van der Waals surface area contributed by atoms with Crippen molar-refractivity contribution >= 4 is 11.6 Å². The molecule has 0 aliphatic carbocycles. The molecule has 2 aromatic carbocycles. The van der Waals surface area contributed by atoms with E-state index in [9.17, 15) is 18.0 Å². The van der Waals surface area contributed by atoms with Crippen molar-refractivity contribution in [3.63, 3.8) is 0 Å². The number of aryl methyl sites for hydroxylation is 1. The van der Waals surface area contributed by atoms with Gasteiger partial charge in [-0.1, -0.05) is 6.07 Å². The molecule has 2 aromatic rings. The lowest BCUT2D eigenvalue weighted by Crippen LogP contribution is -2.15. The first-order valence-corrected chi connectivity index (χ1v) is 6.97. The van der Waals surface area contributed by atoms with Crippen LogP contribution in [0.4, 0.5) is 18.9 Å². The molecule has 4 nitrogen and oxygen atoms in total. The number of halogens is 3. The van der Waals surface area contributed by atoms with E-state index in [2.05, 4.69) is 5.32 Å². The van der Waals surface area contributed by atoms with Crippen LogP contribution in [0.15, 0.2) is 36.4 Å². The number of nitrogens with one attached hydrogen (secondary N) is 1. The van der Waals surface area contributed by atoms with Gasteiger partial charge < -0.3 is 14.8 Å². The molecule has 0 fully saturated rings. The lowest BCUT2D eigenvalue weighted by atomic mass is 10.1. The fourth-order valence-electron chi connectivity index (χ4n) is 2.24. The monoisotopic (exact) mass is 339 g/mol. The van der Waals surface area contributed by atoms with Gasteiger partial charge in [0.25, 0.3) is 5.91 Å². The fourth-order valence-corrected chi connectivity index (χ4v) is 2.24. The molecule has 0 aromatic heterocycles. The van der Waals surface area contributed by atoms with Gasteiger partial charge in [-0.2, -0.15) is 13.2 Å². The molecule has 1 amide bonds. The summed E-state index contributed by atoms with van der Waals surface area (Å²) in [5.74, 6) is -0.00700. The van der Waals surface area contributed by atoms with Crippen molar-refractivity contribution in [2.24, 2.45) is 0 Å². The van der Waals surface area contributed by atoms with Gasteiger partial charge >= 0.3 is 6.18 Å². The number of rotatable bonds is 4. The molecule has 0 unspecified atom stereocenters. The highest BCUT2D eigenvalue weighted by molar-refractivity contribution is 6.07. The largest absolute Gasteiger partial charge is 0.493 e. The first-order valence-electron chi connectivity index (χ1n) is 6.97. The summed E-state index contributed by atoms with van der Waals surface area (Å²) in [7, 11) is 2.82. The smallest absolute Gasteiger partial charge is 0.416 e. The minimum absolute atomic E-state index is 0.0392. The predicted molar refractivity (Wildman–Crippen MR) is 83.7 cm³/mol. The van der Waals surface area contributed by atoms with Crippen molar-refractivity contribution in [2.75, 3.05) is 19.5 Å². The van der Waals surface area contributed by atoms with E-state index >= 15 is 0 Å². The average molecular weight is 339 g/mol. The number of benzene rings is 2. The van der Waals surface area contributed by atoms with Crippen LogP contribution in [0.2, 0.25) is 0 Å². The molecule has 0 spiro atoms. The van der Waals surface area contributed by atoms with Gasteiger partial charge in [-0.25, -0.2) is 0 Å². The molecule has 0 heterocycles. The lowest BCUT2D eigenvalue weighted by molar-refractivity contribution is -0.137. The van der Waals surface area contributed by atoms with E-state index in [1.807, 2.05) is 0 Å². The Labute approximate surface area is 137 Å². The zero-order chi connectivity index (χ0) is 17.9. The normalized spacial score (nSPS) is 11.1. The van der Waals surface area contributed by atoms with Crippen molar-refractivity contribution in [2.45, 2.75) is 13.1 Å². The first-order chi connectivity index (χ1) is 11.3. The quantitative estimate of drug-likeness (QED) is 0.904. The highest BCUT2D eigenvalue weighted by Crippen LogP contribution is 2.34. The van der Waals surface area contributed by atoms with Crippen LogP contribution in [0.25, 0.3) is 0 Å². The van der Waals surface area contributed by atoms with Crippen LogP contribution in [0, 0.1) is 6.92 Å². The molecule has 0 bridgehead atoms. The van der Waals surface area contributed by atoms with E-state index in [0.29, 0.717) is 5.75 Å². The van der Waals surface area contributed by atoms with Crippen LogP contribution >= 0.6 is 0 Å². The molecular formula is C17H16F3NO3. The van der Waals surface area contributed by atoms with Gasteiger partial charge in [0, 0.05) is 5.69 Å². The van der Waals surface area contributed by atoms with Crippen LogP contribution in [-0.4, -0.2) is 20.1 Å². The summed E-state index contributed by atoms with van der Waals surface area (Å²) in [6, 6.07) is 7.69. The van der Waals surface area contributed by atoms with E-state index in [0.717, 1.165) is 17.7 Å². The number of carbonyl (C=O) groups is 1. The number of hydrogen-bond donors (Lipinski definition) is 1. The third-order valence-corrected chi connectivity index (χ3v) is 3.32. The maximum atomic E-state index is 12.7. The number of carbonyl (C=O) groups excluding carboxylic acids is 1. The molecule has 24 heavy (non-hydrogen) atoms. The fraction of sp³-hybridized carbons (Fsp3) is 0.235. The molecule has 0 saturated carbocycles. The molecule has 1 N–H and O–H groups in total. The van der Waals surface area contributed by atoms with Crippen molar-refractivity contribution in [1.82, 2.24) is 0 Å². The highest BCUT2D eigenvalue weighted by atomic mass is 19.4. The number of hydrogen-bond acceptors (Lipinski definition) is 3. The van der Waals surface area contributed by atoms with Crippen LogP contribution in [-0.2, 0) is 6.18 Å². The van der Waals surface area contributed by atoms with Gasteiger partial charge in [0.05, 0.1) is 25.3 Å². The minimum atomic E-state index is -4.48. The number of methoxy groups -OCH3 is 2. The molecule has 0 atom stereocenters. The zero-order valence-corrected chi connectivity index (χ0v) is 13.3. The number of anilines is 1. The van der Waals surface area contributed by atoms with Crippen LogP contribution in [0.3, 0.4) is 0 Å². The van der Waals surface area contributed by atoms with Crippen LogP contribution in [0.5, 0.6) is 11.5 Å².